The maximum Gasteiger partial charge on any atom is 0.171 e. The van der Waals surface area contributed by atoms with E-state index in [1.165, 1.54) is 12.8 Å². The van der Waals surface area contributed by atoms with Gasteiger partial charge in [0.1, 0.15) is 0 Å². The van der Waals surface area contributed by atoms with Crippen LogP contribution in [-0.2, 0) is 0 Å². The van der Waals surface area contributed by atoms with E-state index in [1.54, 1.807) is 7.11 Å². The SMILES string of the molecule is CCN(CC1CCCN1)c1ncccc1OC. The Bertz CT molecular complexity index is 350. The lowest BCUT2D eigenvalue weighted by Gasteiger charge is -2.26. The number of nitrogens with zero attached hydrogens (tertiary/aromatic N) is 2. The van der Waals surface area contributed by atoms with E-state index in [-0.39, 0.29) is 0 Å². The first-order valence-corrected chi connectivity index (χ1v) is 6.32. The van der Waals surface area contributed by atoms with Crippen LogP contribution in [0.3, 0.4) is 0 Å². The highest BCUT2D eigenvalue weighted by Crippen LogP contribution is 2.25. The van der Waals surface area contributed by atoms with Crippen LogP contribution in [0.4, 0.5) is 5.82 Å². The first kappa shape index (κ1) is 12.2. The second-order valence-corrected chi connectivity index (χ2v) is 4.36. The van der Waals surface area contributed by atoms with Gasteiger partial charge in [-0.1, -0.05) is 0 Å². The fourth-order valence-corrected chi connectivity index (χ4v) is 2.32. The average Bonchev–Trinajstić information content (AvgIpc) is 2.89. The van der Waals surface area contributed by atoms with E-state index in [9.17, 15) is 0 Å². The molecule has 1 aliphatic rings. The molecule has 0 radical (unpaired) electrons. The molecule has 1 fully saturated rings. The van der Waals surface area contributed by atoms with Crippen molar-refractivity contribution in [2.24, 2.45) is 0 Å². The minimum absolute atomic E-state index is 0.585. The summed E-state index contributed by atoms with van der Waals surface area (Å²) in [7, 11) is 1.70. The molecule has 4 nitrogen and oxygen atoms in total. The molecule has 2 rings (SSSR count). The molecule has 94 valence electrons. The lowest BCUT2D eigenvalue weighted by Crippen LogP contribution is -2.38. The van der Waals surface area contributed by atoms with E-state index in [0.29, 0.717) is 6.04 Å². The molecule has 2 heterocycles. The summed E-state index contributed by atoms with van der Waals surface area (Å²) in [6.07, 6.45) is 4.36. The highest BCUT2D eigenvalue weighted by Gasteiger charge is 2.19. The van der Waals surface area contributed by atoms with Crippen molar-refractivity contribution < 1.29 is 4.74 Å². The van der Waals surface area contributed by atoms with Gasteiger partial charge in [0.25, 0.3) is 0 Å². The Kier molecular flexibility index (Phi) is 4.20. The number of hydrogen-bond acceptors (Lipinski definition) is 4. The Morgan fingerprint density at radius 2 is 2.47 bits per heavy atom. The summed E-state index contributed by atoms with van der Waals surface area (Å²) in [4.78, 5) is 6.72. The zero-order valence-electron chi connectivity index (χ0n) is 10.6. The van der Waals surface area contributed by atoms with Gasteiger partial charge < -0.3 is 15.0 Å². The number of aromatic nitrogens is 1. The van der Waals surface area contributed by atoms with Crippen LogP contribution in [0.15, 0.2) is 18.3 Å². The number of hydrogen-bond donors (Lipinski definition) is 1. The molecule has 1 N–H and O–H groups in total. The number of anilines is 1. The fraction of sp³-hybridized carbons (Fsp3) is 0.615. The maximum absolute atomic E-state index is 5.37. The molecular weight excluding hydrogens is 214 g/mol. The van der Waals surface area contributed by atoms with E-state index in [2.05, 4.69) is 22.1 Å². The van der Waals surface area contributed by atoms with Crippen LogP contribution in [0, 0.1) is 0 Å². The fourth-order valence-electron chi connectivity index (χ4n) is 2.32. The number of likely N-dealkylation sites (N-methyl/N-ethyl adjacent to an activating group) is 1. The predicted molar refractivity (Wildman–Crippen MR) is 69.7 cm³/mol. The molecule has 0 bridgehead atoms. The van der Waals surface area contributed by atoms with Crippen LogP contribution in [0.25, 0.3) is 0 Å². The third-order valence-corrected chi connectivity index (χ3v) is 3.26. The van der Waals surface area contributed by atoms with Gasteiger partial charge in [-0.3, -0.25) is 0 Å². The molecule has 0 spiro atoms. The zero-order chi connectivity index (χ0) is 12.1. The Morgan fingerprint density at radius 1 is 1.59 bits per heavy atom. The van der Waals surface area contributed by atoms with Crippen LogP contribution in [-0.4, -0.2) is 37.8 Å². The van der Waals surface area contributed by atoms with Gasteiger partial charge >= 0.3 is 0 Å². The topological polar surface area (TPSA) is 37.4 Å². The molecule has 1 atom stereocenters. The van der Waals surface area contributed by atoms with Crippen molar-refractivity contribution in [3.8, 4) is 5.75 Å². The van der Waals surface area contributed by atoms with Gasteiger partial charge in [0.2, 0.25) is 0 Å². The van der Waals surface area contributed by atoms with Gasteiger partial charge in [-0.15, -0.1) is 0 Å². The summed E-state index contributed by atoms with van der Waals surface area (Å²) < 4.78 is 5.37. The Labute approximate surface area is 103 Å². The van der Waals surface area contributed by atoms with Crippen molar-refractivity contribution in [1.29, 1.82) is 0 Å². The lowest BCUT2D eigenvalue weighted by molar-refractivity contribution is 0.411. The highest BCUT2D eigenvalue weighted by molar-refractivity contribution is 5.52. The van der Waals surface area contributed by atoms with Gasteiger partial charge in [-0.05, 0) is 38.4 Å². The van der Waals surface area contributed by atoms with Crippen molar-refractivity contribution in [3.05, 3.63) is 18.3 Å². The van der Waals surface area contributed by atoms with Crippen molar-refractivity contribution in [3.63, 3.8) is 0 Å². The minimum atomic E-state index is 0.585. The van der Waals surface area contributed by atoms with Gasteiger partial charge in [-0.2, -0.15) is 0 Å². The van der Waals surface area contributed by atoms with Crippen LogP contribution in [0.2, 0.25) is 0 Å². The molecule has 0 saturated carbocycles. The molecular formula is C13H21N3O. The number of ether oxygens (including phenoxy) is 1. The van der Waals surface area contributed by atoms with Gasteiger partial charge in [0.05, 0.1) is 7.11 Å². The summed E-state index contributed by atoms with van der Waals surface area (Å²) in [5.41, 5.74) is 0. The lowest BCUT2D eigenvalue weighted by atomic mass is 10.2. The monoisotopic (exact) mass is 235 g/mol. The maximum atomic E-state index is 5.37. The zero-order valence-corrected chi connectivity index (χ0v) is 10.6. The summed E-state index contributed by atoms with van der Waals surface area (Å²) in [5, 5.41) is 3.52. The molecule has 0 amide bonds. The van der Waals surface area contributed by atoms with Gasteiger partial charge in [-0.25, -0.2) is 4.98 Å². The third kappa shape index (κ3) is 2.88. The van der Waals surface area contributed by atoms with Crippen LogP contribution in [0.5, 0.6) is 5.75 Å². The van der Waals surface area contributed by atoms with Crippen molar-refractivity contribution >= 4 is 5.82 Å². The number of methoxy groups -OCH3 is 1. The van der Waals surface area contributed by atoms with E-state index in [0.717, 1.165) is 31.2 Å². The molecule has 1 saturated heterocycles. The smallest absolute Gasteiger partial charge is 0.171 e. The van der Waals surface area contributed by atoms with Crippen LogP contribution in [0.1, 0.15) is 19.8 Å². The molecule has 17 heavy (non-hydrogen) atoms. The van der Waals surface area contributed by atoms with Crippen molar-refractivity contribution in [2.75, 3.05) is 31.6 Å². The van der Waals surface area contributed by atoms with Crippen LogP contribution >= 0.6 is 0 Å². The molecule has 1 aliphatic heterocycles. The third-order valence-electron chi connectivity index (χ3n) is 3.26. The van der Waals surface area contributed by atoms with Crippen molar-refractivity contribution in [1.82, 2.24) is 10.3 Å². The van der Waals surface area contributed by atoms with Gasteiger partial charge in [0, 0.05) is 25.3 Å². The van der Waals surface area contributed by atoms with E-state index in [4.69, 9.17) is 4.74 Å². The second-order valence-electron chi connectivity index (χ2n) is 4.36. The average molecular weight is 235 g/mol. The predicted octanol–water partition coefficient (Wildman–Crippen LogP) is 1.67. The van der Waals surface area contributed by atoms with E-state index >= 15 is 0 Å². The Balaban J connectivity index is 2.10. The number of nitrogens with one attached hydrogen (secondary N) is 1. The largest absolute Gasteiger partial charge is 0.493 e. The molecule has 4 heteroatoms. The second kappa shape index (κ2) is 5.87. The quantitative estimate of drug-likeness (QED) is 0.842. The Morgan fingerprint density at radius 3 is 3.12 bits per heavy atom. The molecule has 1 unspecified atom stereocenters. The summed E-state index contributed by atoms with van der Waals surface area (Å²) in [6.45, 7) is 5.25. The molecule has 0 aromatic carbocycles. The standard InChI is InChI=1S/C13H21N3O/c1-3-16(10-11-6-4-8-14-11)13-12(17-2)7-5-9-15-13/h5,7,9,11,14H,3-4,6,8,10H2,1-2H3. The summed E-state index contributed by atoms with van der Waals surface area (Å²) >= 11 is 0. The number of rotatable bonds is 5. The molecule has 1 aromatic heterocycles. The summed E-state index contributed by atoms with van der Waals surface area (Å²) in [5.74, 6) is 1.80. The highest BCUT2D eigenvalue weighted by atomic mass is 16.5. The van der Waals surface area contributed by atoms with Gasteiger partial charge in [0.15, 0.2) is 11.6 Å². The first-order chi connectivity index (χ1) is 8.35. The Hall–Kier alpha value is -1.29. The first-order valence-electron chi connectivity index (χ1n) is 6.32. The van der Waals surface area contributed by atoms with E-state index in [1.807, 2.05) is 18.3 Å². The van der Waals surface area contributed by atoms with Crippen LogP contribution < -0.4 is 15.0 Å². The normalized spacial score (nSPS) is 19.3. The minimum Gasteiger partial charge on any atom is -0.493 e. The molecule has 0 aliphatic carbocycles. The number of pyridine rings is 1. The van der Waals surface area contributed by atoms with Crippen molar-refractivity contribution in [2.45, 2.75) is 25.8 Å². The summed E-state index contributed by atoms with van der Waals surface area (Å²) in [6, 6.07) is 4.46. The van der Waals surface area contributed by atoms with E-state index < -0.39 is 0 Å². The molecule has 1 aromatic rings.